The van der Waals surface area contributed by atoms with Gasteiger partial charge in [-0.15, -0.1) is 0 Å². The molecule has 0 saturated carbocycles. The van der Waals surface area contributed by atoms with Crippen molar-refractivity contribution in [2.45, 2.75) is 32.5 Å². The monoisotopic (exact) mass is 380 g/mol. The number of carbonyl (C=O) groups is 1. The summed E-state index contributed by atoms with van der Waals surface area (Å²) < 4.78 is 44.9. The summed E-state index contributed by atoms with van der Waals surface area (Å²) in [6.45, 7) is 4.27. The van der Waals surface area contributed by atoms with Crippen molar-refractivity contribution >= 4 is 11.7 Å². The average molecular weight is 380 g/mol. The normalized spacial score (nSPS) is 17.1. The molecule has 0 aliphatic carbocycles. The Balaban J connectivity index is 1.63. The van der Waals surface area contributed by atoms with Gasteiger partial charge in [0.25, 0.3) is 0 Å². The smallest absolute Gasteiger partial charge is 0.418 e. The summed E-state index contributed by atoms with van der Waals surface area (Å²) >= 11 is 0. The molecule has 1 aliphatic rings. The number of ether oxygens (including phenoxy) is 1. The van der Waals surface area contributed by atoms with Crippen LogP contribution < -0.4 is 10.1 Å². The lowest BCUT2D eigenvalue weighted by Gasteiger charge is -2.19. The number of urea groups is 1. The molecule has 0 unspecified atom stereocenters. The fourth-order valence-corrected chi connectivity index (χ4v) is 2.94. The van der Waals surface area contributed by atoms with Crippen molar-refractivity contribution in [1.82, 2.24) is 14.9 Å². The first-order valence-electron chi connectivity index (χ1n) is 8.43. The van der Waals surface area contributed by atoms with Crippen LogP contribution in [0.25, 0.3) is 0 Å². The van der Waals surface area contributed by atoms with E-state index in [-0.39, 0.29) is 24.3 Å². The highest BCUT2D eigenvalue weighted by Gasteiger charge is 2.35. The molecule has 9 heteroatoms. The first-order chi connectivity index (χ1) is 12.7. The van der Waals surface area contributed by atoms with E-state index < -0.39 is 17.8 Å². The molecule has 1 N–H and O–H groups in total. The van der Waals surface area contributed by atoms with Gasteiger partial charge in [-0.1, -0.05) is 12.1 Å². The van der Waals surface area contributed by atoms with Crippen LogP contribution in [0, 0.1) is 13.8 Å². The van der Waals surface area contributed by atoms with Gasteiger partial charge < -0.3 is 15.0 Å². The topological polar surface area (TPSA) is 67.3 Å². The van der Waals surface area contributed by atoms with Crippen LogP contribution in [-0.2, 0) is 6.18 Å². The molecule has 144 valence electrons. The Bertz CT molecular complexity index is 821. The standard InChI is InChI=1S/C18H19F3N4O2/c1-11-9-12(2)23-16(22-11)27-13-7-8-25(10-13)17(26)24-15-6-4-3-5-14(15)18(19,20)21/h3-6,9,13H,7-8,10H2,1-2H3,(H,24,26)/t13-/m0/s1. The van der Waals surface area contributed by atoms with Gasteiger partial charge in [-0.05, 0) is 32.0 Å². The summed E-state index contributed by atoms with van der Waals surface area (Å²) in [4.78, 5) is 22.2. The first kappa shape index (κ1) is 18.9. The highest BCUT2D eigenvalue weighted by molar-refractivity contribution is 5.90. The van der Waals surface area contributed by atoms with E-state index in [2.05, 4.69) is 15.3 Å². The molecular formula is C18H19F3N4O2. The molecule has 0 bridgehead atoms. The number of hydrogen-bond acceptors (Lipinski definition) is 4. The number of benzene rings is 1. The minimum absolute atomic E-state index is 0.238. The van der Waals surface area contributed by atoms with Crippen LogP contribution in [0.5, 0.6) is 6.01 Å². The number of hydrogen-bond donors (Lipinski definition) is 1. The lowest BCUT2D eigenvalue weighted by Crippen LogP contribution is -2.35. The van der Waals surface area contributed by atoms with E-state index in [9.17, 15) is 18.0 Å². The van der Waals surface area contributed by atoms with Crippen molar-refractivity contribution in [2.24, 2.45) is 0 Å². The van der Waals surface area contributed by atoms with Gasteiger partial charge in [-0.25, -0.2) is 14.8 Å². The molecule has 1 saturated heterocycles. The summed E-state index contributed by atoms with van der Waals surface area (Å²) in [6, 6.07) is 6.35. The zero-order valence-electron chi connectivity index (χ0n) is 14.9. The molecule has 1 aromatic heterocycles. The fraction of sp³-hybridized carbons (Fsp3) is 0.389. The number of nitrogens with one attached hydrogen (secondary N) is 1. The molecule has 3 rings (SSSR count). The van der Waals surface area contributed by atoms with Gasteiger partial charge in [0.2, 0.25) is 0 Å². The number of halogens is 3. The highest BCUT2D eigenvalue weighted by atomic mass is 19.4. The van der Waals surface area contributed by atoms with Crippen molar-refractivity contribution in [3.05, 3.63) is 47.3 Å². The second-order valence-electron chi connectivity index (χ2n) is 6.38. The number of rotatable bonds is 3. The van der Waals surface area contributed by atoms with Crippen LogP contribution in [-0.4, -0.2) is 40.1 Å². The van der Waals surface area contributed by atoms with Crippen molar-refractivity contribution < 1.29 is 22.7 Å². The Morgan fingerprint density at radius 2 is 1.89 bits per heavy atom. The largest absolute Gasteiger partial charge is 0.458 e. The van der Waals surface area contributed by atoms with Crippen LogP contribution in [0.2, 0.25) is 0 Å². The zero-order chi connectivity index (χ0) is 19.6. The van der Waals surface area contributed by atoms with Crippen molar-refractivity contribution in [3.63, 3.8) is 0 Å². The molecule has 2 amide bonds. The summed E-state index contributed by atoms with van der Waals surface area (Å²) in [5, 5.41) is 2.34. The molecule has 0 radical (unpaired) electrons. The number of aromatic nitrogens is 2. The number of carbonyl (C=O) groups excluding carboxylic acids is 1. The predicted octanol–water partition coefficient (Wildman–Crippen LogP) is 3.80. The lowest BCUT2D eigenvalue weighted by molar-refractivity contribution is -0.136. The summed E-state index contributed by atoms with van der Waals surface area (Å²) in [7, 11) is 0. The van der Waals surface area contributed by atoms with Crippen molar-refractivity contribution in [3.8, 4) is 6.01 Å². The maximum atomic E-state index is 13.0. The Morgan fingerprint density at radius 1 is 1.22 bits per heavy atom. The van der Waals surface area contributed by atoms with Crippen LogP contribution in [0.3, 0.4) is 0 Å². The molecule has 1 fully saturated rings. The summed E-state index contributed by atoms with van der Waals surface area (Å²) in [5.74, 6) is 0. The maximum Gasteiger partial charge on any atom is 0.418 e. The predicted molar refractivity (Wildman–Crippen MR) is 92.6 cm³/mol. The van der Waals surface area contributed by atoms with Crippen LogP contribution >= 0.6 is 0 Å². The zero-order valence-corrected chi connectivity index (χ0v) is 14.9. The van der Waals surface area contributed by atoms with Gasteiger partial charge in [0, 0.05) is 24.4 Å². The average Bonchev–Trinajstić information content (AvgIpc) is 3.02. The van der Waals surface area contributed by atoms with E-state index in [0.717, 1.165) is 17.5 Å². The second-order valence-corrected chi connectivity index (χ2v) is 6.38. The van der Waals surface area contributed by atoms with E-state index in [4.69, 9.17) is 4.74 Å². The highest BCUT2D eigenvalue weighted by Crippen LogP contribution is 2.34. The Labute approximate surface area is 154 Å². The number of alkyl halides is 3. The summed E-state index contributed by atoms with van der Waals surface area (Å²) in [5.41, 5.74) is 0.397. The van der Waals surface area contributed by atoms with Crippen LogP contribution in [0.1, 0.15) is 23.4 Å². The minimum atomic E-state index is -4.54. The molecule has 6 nitrogen and oxygen atoms in total. The van der Waals surface area contributed by atoms with Crippen molar-refractivity contribution in [2.75, 3.05) is 18.4 Å². The van der Waals surface area contributed by atoms with Crippen LogP contribution in [0.4, 0.5) is 23.7 Å². The number of amides is 2. The molecule has 1 aromatic carbocycles. The number of nitrogens with zero attached hydrogens (tertiary/aromatic N) is 3. The van der Waals surface area contributed by atoms with Gasteiger partial charge in [0.1, 0.15) is 6.10 Å². The molecule has 2 aromatic rings. The molecule has 0 spiro atoms. The van der Waals surface area contributed by atoms with E-state index in [1.54, 1.807) is 0 Å². The SMILES string of the molecule is Cc1cc(C)nc(O[C@H]2CCN(C(=O)Nc3ccccc3C(F)(F)F)C2)n1. The molecule has 1 atom stereocenters. The van der Waals surface area contributed by atoms with Gasteiger partial charge >= 0.3 is 18.2 Å². The number of aryl methyl sites for hydroxylation is 2. The third-order valence-corrected chi connectivity index (χ3v) is 4.14. The van der Waals surface area contributed by atoms with Gasteiger partial charge in [0.05, 0.1) is 17.8 Å². The molecular weight excluding hydrogens is 361 g/mol. The number of para-hydroxylation sites is 1. The van der Waals surface area contributed by atoms with E-state index in [1.807, 2.05) is 19.9 Å². The molecule has 2 heterocycles. The fourth-order valence-electron chi connectivity index (χ4n) is 2.94. The lowest BCUT2D eigenvalue weighted by atomic mass is 10.1. The quantitative estimate of drug-likeness (QED) is 0.880. The Kier molecular flexibility index (Phi) is 5.20. The van der Waals surface area contributed by atoms with Crippen molar-refractivity contribution in [1.29, 1.82) is 0 Å². The summed E-state index contributed by atoms with van der Waals surface area (Å²) in [6.07, 6.45) is -4.30. The second kappa shape index (κ2) is 7.42. The Hall–Kier alpha value is -2.84. The number of likely N-dealkylation sites (tertiary alicyclic amines) is 1. The van der Waals surface area contributed by atoms with E-state index in [1.165, 1.54) is 23.1 Å². The third kappa shape index (κ3) is 4.66. The minimum Gasteiger partial charge on any atom is -0.458 e. The van der Waals surface area contributed by atoms with Gasteiger partial charge in [-0.3, -0.25) is 0 Å². The Morgan fingerprint density at radius 3 is 2.56 bits per heavy atom. The van der Waals surface area contributed by atoms with E-state index in [0.29, 0.717) is 13.0 Å². The molecule has 27 heavy (non-hydrogen) atoms. The number of anilines is 1. The maximum absolute atomic E-state index is 13.0. The van der Waals surface area contributed by atoms with Gasteiger partial charge in [-0.2, -0.15) is 13.2 Å². The van der Waals surface area contributed by atoms with Crippen LogP contribution in [0.15, 0.2) is 30.3 Å². The third-order valence-electron chi connectivity index (χ3n) is 4.14. The molecule has 1 aliphatic heterocycles. The van der Waals surface area contributed by atoms with Gasteiger partial charge in [0.15, 0.2) is 0 Å². The first-order valence-corrected chi connectivity index (χ1v) is 8.43. The van der Waals surface area contributed by atoms with E-state index >= 15 is 0 Å².